The van der Waals surface area contributed by atoms with Crippen molar-refractivity contribution in [1.82, 2.24) is 0 Å². The van der Waals surface area contributed by atoms with Crippen LogP contribution in [0.3, 0.4) is 0 Å². The molecule has 0 aliphatic carbocycles. The van der Waals surface area contributed by atoms with Gasteiger partial charge < -0.3 is 33.8 Å². The molecule has 0 amide bonds. The van der Waals surface area contributed by atoms with Gasteiger partial charge in [-0.3, -0.25) is 37.3 Å². The summed E-state index contributed by atoms with van der Waals surface area (Å²) in [6, 6.07) is 0. The third-order valence-electron chi connectivity index (χ3n) is 20.7. The Morgan fingerprint density at radius 3 is 0.717 bits per heavy atom. The number of carbonyl (C=O) groups excluding carboxylic acids is 4. The van der Waals surface area contributed by atoms with Crippen molar-refractivity contribution >= 4 is 39.5 Å². The molecule has 6 atom stereocenters. The summed E-state index contributed by atoms with van der Waals surface area (Å²) in [7, 11) is -9.93. The summed E-state index contributed by atoms with van der Waals surface area (Å²) in [5.41, 5.74) is 0. The zero-order chi connectivity index (χ0) is 77.9. The number of phosphoric acid groups is 2. The molecule has 0 aromatic rings. The summed E-state index contributed by atoms with van der Waals surface area (Å²) >= 11 is 0. The first-order valence-electron chi connectivity index (χ1n) is 44.9. The minimum Gasteiger partial charge on any atom is -0.462 e. The summed E-state index contributed by atoms with van der Waals surface area (Å²) in [5, 5.41) is 10.7. The largest absolute Gasteiger partial charge is 0.472 e. The van der Waals surface area contributed by atoms with Crippen molar-refractivity contribution in [3.63, 3.8) is 0 Å². The molecule has 0 heterocycles. The van der Waals surface area contributed by atoms with Gasteiger partial charge in [-0.2, -0.15) is 0 Å². The zero-order valence-electron chi connectivity index (χ0n) is 69.9. The molecule has 630 valence electrons. The molecule has 0 saturated heterocycles. The van der Waals surface area contributed by atoms with E-state index in [1.165, 1.54) is 270 Å². The summed E-state index contributed by atoms with van der Waals surface area (Å²) in [4.78, 5) is 73.2. The number of esters is 4. The monoisotopic (exact) mass is 1550 g/mol. The average molecular weight is 1550 g/mol. The van der Waals surface area contributed by atoms with E-state index in [1.807, 2.05) is 0 Å². The van der Waals surface area contributed by atoms with Gasteiger partial charge in [0, 0.05) is 25.7 Å². The predicted octanol–water partition coefficient (Wildman–Crippen LogP) is 26.5. The van der Waals surface area contributed by atoms with Gasteiger partial charge in [0.2, 0.25) is 0 Å². The van der Waals surface area contributed by atoms with Gasteiger partial charge in [0.25, 0.3) is 0 Å². The van der Waals surface area contributed by atoms with Crippen LogP contribution < -0.4 is 0 Å². The van der Waals surface area contributed by atoms with Crippen LogP contribution in [0.5, 0.6) is 0 Å². The number of hydrogen-bond acceptors (Lipinski definition) is 15. The lowest BCUT2D eigenvalue weighted by atomic mass is 9.99. The Morgan fingerprint density at radius 1 is 0.274 bits per heavy atom. The standard InChI is InChI=1S/C87H170O17P2/c1-8-10-11-12-13-37-47-54-61-68-84(89)97-74-82(103-86(91)71-64-57-50-43-36-30-24-23-26-32-39-45-52-59-66-79(5)6)76-101-105(93,94)99-72-81(88)73-100-106(95,96)102-77-83(75-98-85(90)69-62-55-48-41-34-28-22-18-19-25-31-38-44-51-58-65-78(3)4)104-87(92)70-63-56-49-42-35-29-21-17-15-14-16-20-27-33-40-46-53-60-67-80(7)9-2/h78-83,88H,8-77H2,1-7H3,(H,93,94)(H,95,96)/t80?,81-,82+,83+/m0/s1. The van der Waals surface area contributed by atoms with Crippen molar-refractivity contribution in [2.75, 3.05) is 39.6 Å². The Kier molecular flexibility index (Phi) is 75.6. The van der Waals surface area contributed by atoms with Crippen molar-refractivity contribution in [1.29, 1.82) is 0 Å². The van der Waals surface area contributed by atoms with E-state index in [0.717, 1.165) is 108 Å². The van der Waals surface area contributed by atoms with Crippen LogP contribution in [-0.4, -0.2) is 96.7 Å². The van der Waals surface area contributed by atoms with E-state index in [4.69, 9.17) is 37.0 Å². The van der Waals surface area contributed by atoms with Gasteiger partial charge in [0.15, 0.2) is 12.2 Å². The van der Waals surface area contributed by atoms with Crippen LogP contribution in [0.15, 0.2) is 0 Å². The van der Waals surface area contributed by atoms with Crippen LogP contribution in [0.2, 0.25) is 0 Å². The van der Waals surface area contributed by atoms with Crippen LogP contribution in [0.25, 0.3) is 0 Å². The molecule has 0 rings (SSSR count). The lowest BCUT2D eigenvalue weighted by Crippen LogP contribution is -2.30. The SMILES string of the molecule is CCCCCCCCCCCC(=O)OC[C@H](COP(=O)(O)OC[C@H](O)COP(=O)(O)OC[C@@H](COC(=O)CCCCCCCCCCCCCCCCCC(C)C)OC(=O)CCCCCCCCCCCCCCCCCCCCC(C)CC)OC(=O)CCCCCCCCCCCCCCCCC(C)C. The summed E-state index contributed by atoms with van der Waals surface area (Å²) in [6.07, 6.45) is 68.0. The molecule has 3 N–H and O–H groups in total. The van der Waals surface area contributed by atoms with Gasteiger partial charge in [-0.25, -0.2) is 9.13 Å². The second-order valence-electron chi connectivity index (χ2n) is 32.5. The third kappa shape index (κ3) is 78.7. The number of aliphatic hydroxyl groups is 1. The van der Waals surface area contributed by atoms with Crippen molar-refractivity contribution < 1.29 is 80.2 Å². The molecule has 0 spiro atoms. The van der Waals surface area contributed by atoms with E-state index in [1.54, 1.807) is 0 Å². The molecule has 0 radical (unpaired) electrons. The number of rotatable bonds is 85. The highest BCUT2D eigenvalue weighted by Gasteiger charge is 2.31. The van der Waals surface area contributed by atoms with Gasteiger partial charge in [-0.05, 0) is 43.4 Å². The van der Waals surface area contributed by atoms with Gasteiger partial charge in [-0.1, -0.05) is 408 Å². The van der Waals surface area contributed by atoms with E-state index < -0.39 is 97.5 Å². The maximum atomic E-state index is 13.2. The molecule has 0 aromatic carbocycles. The number of ether oxygens (including phenoxy) is 4. The van der Waals surface area contributed by atoms with E-state index in [2.05, 4.69) is 48.5 Å². The Morgan fingerprint density at radius 2 is 0.481 bits per heavy atom. The second kappa shape index (κ2) is 77.0. The number of phosphoric ester groups is 2. The highest BCUT2D eigenvalue weighted by Crippen LogP contribution is 2.45. The fraction of sp³-hybridized carbons (Fsp3) is 0.954. The summed E-state index contributed by atoms with van der Waals surface area (Å²) in [5.74, 6) is 0.369. The second-order valence-corrected chi connectivity index (χ2v) is 35.4. The molecular weight excluding hydrogens is 1380 g/mol. The first-order valence-corrected chi connectivity index (χ1v) is 47.9. The molecule has 106 heavy (non-hydrogen) atoms. The Bertz CT molecular complexity index is 2050. The fourth-order valence-corrected chi connectivity index (χ4v) is 15.1. The smallest absolute Gasteiger partial charge is 0.462 e. The summed E-state index contributed by atoms with van der Waals surface area (Å²) < 4.78 is 68.9. The average Bonchev–Trinajstić information content (AvgIpc) is 0.916. The van der Waals surface area contributed by atoms with Crippen LogP contribution in [0.1, 0.15) is 459 Å². The molecule has 0 aliphatic heterocycles. The maximum absolute atomic E-state index is 13.2. The number of hydrogen-bond donors (Lipinski definition) is 3. The van der Waals surface area contributed by atoms with Gasteiger partial charge in [0.05, 0.1) is 26.4 Å². The Labute approximate surface area is 651 Å². The molecule has 0 saturated carbocycles. The topological polar surface area (TPSA) is 237 Å². The molecular formula is C87H170O17P2. The minimum absolute atomic E-state index is 0.108. The zero-order valence-corrected chi connectivity index (χ0v) is 71.7. The molecule has 0 aliphatic rings. The van der Waals surface area contributed by atoms with Gasteiger partial charge >= 0.3 is 39.5 Å². The highest BCUT2D eigenvalue weighted by atomic mass is 31.2. The van der Waals surface area contributed by atoms with Gasteiger partial charge in [-0.15, -0.1) is 0 Å². The highest BCUT2D eigenvalue weighted by molar-refractivity contribution is 7.47. The van der Waals surface area contributed by atoms with Gasteiger partial charge in [0.1, 0.15) is 19.3 Å². The first-order chi connectivity index (χ1) is 51.3. The number of carbonyl (C=O) groups is 4. The lowest BCUT2D eigenvalue weighted by molar-refractivity contribution is -0.161. The van der Waals surface area contributed by atoms with Crippen molar-refractivity contribution in [3.8, 4) is 0 Å². The van der Waals surface area contributed by atoms with Crippen molar-refractivity contribution in [2.24, 2.45) is 17.8 Å². The quantitative estimate of drug-likeness (QED) is 0.0222. The molecule has 0 bridgehead atoms. The lowest BCUT2D eigenvalue weighted by Gasteiger charge is -2.21. The van der Waals surface area contributed by atoms with Crippen molar-refractivity contribution in [3.05, 3.63) is 0 Å². The maximum Gasteiger partial charge on any atom is 0.472 e. The third-order valence-corrected chi connectivity index (χ3v) is 22.6. The summed E-state index contributed by atoms with van der Waals surface area (Å²) in [6.45, 7) is 12.1. The predicted molar refractivity (Wildman–Crippen MR) is 437 cm³/mol. The minimum atomic E-state index is -4.97. The molecule has 0 fully saturated rings. The van der Waals surface area contributed by atoms with Crippen molar-refractivity contribution in [2.45, 2.75) is 478 Å². The van der Waals surface area contributed by atoms with Crippen LogP contribution in [0.4, 0.5) is 0 Å². The number of aliphatic hydroxyl groups excluding tert-OH is 1. The van der Waals surface area contributed by atoms with E-state index >= 15 is 0 Å². The molecule has 0 aromatic heterocycles. The van der Waals surface area contributed by atoms with Crippen LogP contribution in [0, 0.1) is 17.8 Å². The Hall–Kier alpha value is -1.94. The molecule has 19 heteroatoms. The molecule has 17 nitrogen and oxygen atoms in total. The van der Waals surface area contributed by atoms with E-state index in [0.29, 0.717) is 25.7 Å². The first kappa shape index (κ1) is 104. The van der Waals surface area contributed by atoms with E-state index in [-0.39, 0.29) is 25.7 Å². The van der Waals surface area contributed by atoms with Crippen LogP contribution in [-0.2, 0) is 65.4 Å². The number of unbranched alkanes of at least 4 members (excludes halogenated alkanes) is 52. The fourth-order valence-electron chi connectivity index (χ4n) is 13.5. The van der Waals surface area contributed by atoms with Crippen LogP contribution >= 0.6 is 15.6 Å². The van der Waals surface area contributed by atoms with E-state index in [9.17, 15) is 43.2 Å². The Balaban J connectivity index is 5.21. The normalized spacial score (nSPS) is 14.1. The molecule has 3 unspecified atom stereocenters.